The third kappa shape index (κ3) is 7.14. The lowest BCUT2D eigenvalue weighted by molar-refractivity contribution is -0.242. The molecular weight excluding hydrogens is 558 g/mol. The van der Waals surface area contributed by atoms with Gasteiger partial charge in [-0.05, 0) is 75.1 Å². The van der Waals surface area contributed by atoms with Crippen molar-refractivity contribution < 1.29 is 47.9 Å². The number of carbonyl (C=O) groups excluding carboxylic acids is 2. The normalized spacial score (nSPS) is 18.6. The van der Waals surface area contributed by atoms with Crippen molar-refractivity contribution in [2.75, 3.05) is 29.8 Å². The van der Waals surface area contributed by atoms with E-state index in [1.165, 1.54) is 18.2 Å². The van der Waals surface area contributed by atoms with Crippen LogP contribution in [0.3, 0.4) is 0 Å². The maximum Gasteiger partial charge on any atom is 0.427 e. The first-order valence-corrected chi connectivity index (χ1v) is 13.8. The average molecular weight is 594 g/mol. The highest BCUT2D eigenvalue weighted by molar-refractivity contribution is 7.92. The maximum absolute atomic E-state index is 13.2. The highest BCUT2D eigenvalue weighted by Crippen LogP contribution is 2.38. The Morgan fingerprint density at radius 3 is 2.27 bits per heavy atom. The van der Waals surface area contributed by atoms with Crippen LogP contribution in [0.4, 0.5) is 33.7 Å². The molecule has 1 aliphatic heterocycles. The lowest BCUT2D eigenvalue weighted by Gasteiger charge is -2.31. The molecule has 9 nitrogen and oxygen atoms in total. The fraction of sp³-hybridized carbons (Fsp3) is 0.462. The number of amides is 2. The van der Waals surface area contributed by atoms with Crippen LogP contribution in [0.2, 0.25) is 0 Å². The van der Waals surface area contributed by atoms with Crippen molar-refractivity contribution in [1.29, 1.82) is 0 Å². The quantitative estimate of drug-likeness (QED) is 0.438. The van der Waals surface area contributed by atoms with Crippen LogP contribution in [0.1, 0.15) is 36.5 Å². The van der Waals surface area contributed by atoms with E-state index in [1.807, 2.05) is 0 Å². The number of hydrogen-bond acceptors (Lipinski definition) is 6. The van der Waals surface area contributed by atoms with Crippen molar-refractivity contribution in [3.8, 4) is 5.75 Å². The van der Waals surface area contributed by atoms with E-state index in [2.05, 4.69) is 22.3 Å². The van der Waals surface area contributed by atoms with Crippen molar-refractivity contribution in [1.82, 2.24) is 5.32 Å². The van der Waals surface area contributed by atoms with Gasteiger partial charge in [-0.25, -0.2) is 17.6 Å². The van der Waals surface area contributed by atoms with Crippen LogP contribution in [-0.2, 0) is 19.6 Å². The second kappa shape index (κ2) is 11.9. The zero-order chi connectivity index (χ0) is 29.9. The number of carbonyl (C=O) groups is 2. The number of nitrogens with one attached hydrogen (secondary N) is 2. The maximum atomic E-state index is 13.2. The Morgan fingerprint density at radius 1 is 1.10 bits per heavy atom. The van der Waals surface area contributed by atoms with E-state index in [0.717, 1.165) is 47.3 Å². The fourth-order valence-corrected chi connectivity index (χ4v) is 5.46. The molecule has 14 heteroatoms. The average Bonchev–Trinajstić information content (AvgIpc) is 2.85. The van der Waals surface area contributed by atoms with Crippen molar-refractivity contribution in [2.45, 2.75) is 50.3 Å². The van der Waals surface area contributed by atoms with Crippen molar-refractivity contribution >= 4 is 33.4 Å². The summed E-state index contributed by atoms with van der Waals surface area (Å²) in [6.07, 6.45) is -3.99. The van der Waals surface area contributed by atoms with Crippen LogP contribution in [0.15, 0.2) is 47.4 Å². The number of hydrogen-bond donors (Lipinski definition) is 2. The van der Waals surface area contributed by atoms with Gasteiger partial charge in [0.25, 0.3) is 10.0 Å². The largest absolute Gasteiger partial charge is 0.489 e. The van der Waals surface area contributed by atoms with Gasteiger partial charge in [-0.2, -0.15) is 13.2 Å². The first-order valence-electron chi connectivity index (χ1n) is 12.4. The van der Waals surface area contributed by atoms with Gasteiger partial charge in [-0.3, -0.25) is 14.4 Å². The van der Waals surface area contributed by atoms with Crippen LogP contribution < -0.4 is 19.7 Å². The molecule has 2 aromatic rings. The molecular formula is C26H35F4N3O6S. The summed E-state index contributed by atoms with van der Waals surface area (Å²) in [5.74, 6) is 0.894. The Kier molecular flexibility index (Phi) is 9.22. The molecule has 0 atom stereocenters. The molecule has 2 aliphatic rings. The van der Waals surface area contributed by atoms with Crippen LogP contribution in [0.25, 0.3) is 0 Å². The van der Waals surface area contributed by atoms with E-state index < -0.39 is 33.7 Å². The number of alkyl halides is 3. The Hall–Kier alpha value is -3.55. The highest BCUT2D eigenvalue weighted by atomic mass is 32.2. The monoisotopic (exact) mass is 593 g/mol. The molecule has 0 radical (unpaired) electrons. The summed E-state index contributed by atoms with van der Waals surface area (Å²) >= 11 is 0. The zero-order valence-corrected chi connectivity index (χ0v) is 23.2. The third-order valence-electron chi connectivity index (χ3n) is 6.45. The smallest absolute Gasteiger partial charge is 0.427 e. The first kappa shape index (κ1) is 31.0. The lowest BCUT2D eigenvalue weighted by Crippen LogP contribution is -2.44. The van der Waals surface area contributed by atoms with Crippen LogP contribution in [-0.4, -0.2) is 52.4 Å². The number of benzene rings is 2. The molecule has 224 valence electrons. The lowest BCUT2D eigenvalue weighted by atomic mass is 9.76. The molecule has 1 saturated carbocycles. The number of fused-ring (bicyclic) bond motifs is 1. The van der Waals surface area contributed by atoms with Crippen molar-refractivity contribution in [3.05, 3.63) is 48.3 Å². The molecule has 1 heterocycles. The molecule has 2 N–H and O–H groups in total. The summed E-state index contributed by atoms with van der Waals surface area (Å²) in [6.45, 7) is 3.55. The third-order valence-corrected chi connectivity index (χ3v) is 8.28. The molecule has 2 aromatic carbocycles. The molecule has 40 heavy (non-hydrogen) atoms. The molecule has 0 bridgehead atoms. The summed E-state index contributed by atoms with van der Waals surface area (Å²) in [5, 5.41) is 4.80. The van der Waals surface area contributed by atoms with Crippen LogP contribution in [0.5, 0.6) is 5.75 Å². The Bertz CT molecular complexity index is 1340. The highest BCUT2D eigenvalue weighted by Gasteiger charge is 2.51. The second-order valence-electron chi connectivity index (χ2n) is 9.97. The van der Waals surface area contributed by atoms with Gasteiger partial charge in [0.15, 0.2) is 0 Å². The summed E-state index contributed by atoms with van der Waals surface area (Å²) < 4.78 is 88.8. The molecule has 1 aliphatic carbocycles. The van der Waals surface area contributed by atoms with Gasteiger partial charge >= 0.3 is 12.3 Å². The standard InChI is InChI=1S/C19H18F4N2O5S.C7H13NO.2H2/c1-18(2,19(21,22)23)30-17(26)24-13-5-8-16-15(11-13)25(9-10-29-16)31(27,28)14-6-3-12(20)4-7-14;1-5-3-6(4-5)7(9)8-2;;/h3-8,11H,9-10H2,1-2H3,(H,24,26);5-6H,3-4H2,1-2H3,(H,8,9);2*1H. The minimum atomic E-state index is -4.78. The van der Waals surface area contributed by atoms with Gasteiger partial charge in [0.05, 0.1) is 17.1 Å². The van der Waals surface area contributed by atoms with Gasteiger partial charge < -0.3 is 14.8 Å². The van der Waals surface area contributed by atoms with E-state index in [0.29, 0.717) is 19.8 Å². The summed E-state index contributed by atoms with van der Waals surface area (Å²) in [5.41, 5.74) is -2.68. The predicted octanol–water partition coefficient (Wildman–Crippen LogP) is 5.57. The molecule has 0 unspecified atom stereocenters. The van der Waals surface area contributed by atoms with E-state index in [1.54, 1.807) is 7.05 Å². The predicted molar refractivity (Wildman–Crippen MR) is 143 cm³/mol. The zero-order valence-electron chi connectivity index (χ0n) is 22.3. The topological polar surface area (TPSA) is 114 Å². The van der Waals surface area contributed by atoms with Gasteiger partial charge in [0.1, 0.15) is 18.2 Å². The Balaban J connectivity index is 0.000000687. The number of nitrogens with zero attached hydrogens (tertiary/aromatic N) is 1. The number of sulfonamides is 1. The number of rotatable bonds is 5. The molecule has 1 fully saturated rings. The van der Waals surface area contributed by atoms with Gasteiger partial charge in [0, 0.05) is 21.5 Å². The van der Waals surface area contributed by atoms with E-state index in [-0.39, 0.29) is 43.9 Å². The van der Waals surface area contributed by atoms with E-state index in [4.69, 9.17) is 4.74 Å². The van der Waals surface area contributed by atoms with E-state index in [9.17, 15) is 35.6 Å². The summed E-state index contributed by atoms with van der Waals surface area (Å²) in [6, 6.07) is 8.16. The Morgan fingerprint density at radius 2 is 1.73 bits per heavy atom. The van der Waals surface area contributed by atoms with Crippen LogP contribution >= 0.6 is 0 Å². The minimum absolute atomic E-state index is 0. The molecule has 0 spiro atoms. The van der Waals surface area contributed by atoms with Gasteiger partial charge in [-0.15, -0.1) is 0 Å². The van der Waals surface area contributed by atoms with Crippen molar-refractivity contribution in [3.63, 3.8) is 0 Å². The van der Waals surface area contributed by atoms with E-state index >= 15 is 0 Å². The molecule has 2 amide bonds. The Labute approximate surface area is 232 Å². The van der Waals surface area contributed by atoms with Gasteiger partial charge in [-0.1, -0.05) is 6.92 Å². The summed E-state index contributed by atoms with van der Waals surface area (Å²) in [4.78, 5) is 22.6. The first-order chi connectivity index (χ1) is 18.5. The fourth-order valence-electron chi connectivity index (χ4n) is 4.01. The number of ether oxygens (including phenoxy) is 2. The second-order valence-corrected chi connectivity index (χ2v) is 11.8. The molecule has 0 saturated heterocycles. The number of halogens is 4. The molecule has 4 rings (SSSR count). The molecule has 0 aromatic heterocycles. The van der Waals surface area contributed by atoms with Crippen LogP contribution in [0, 0.1) is 17.7 Å². The van der Waals surface area contributed by atoms with Crippen molar-refractivity contribution in [2.24, 2.45) is 11.8 Å². The number of anilines is 2. The van der Waals surface area contributed by atoms with Gasteiger partial charge in [0.2, 0.25) is 11.5 Å². The SMILES string of the molecule is CC(C)(OC(=O)Nc1ccc2c(c1)N(S(=O)(=O)c1ccc(F)cc1)CCO2)C(F)(F)F.CNC(=O)C1CC(C)C1.[HH].[HH]. The summed E-state index contributed by atoms with van der Waals surface area (Å²) in [7, 11) is -2.39. The minimum Gasteiger partial charge on any atom is -0.489 e.